The second kappa shape index (κ2) is 12.2. The summed E-state index contributed by atoms with van der Waals surface area (Å²) in [4.78, 5) is 24.9. The van der Waals surface area contributed by atoms with Gasteiger partial charge in [-0.25, -0.2) is 0 Å². The van der Waals surface area contributed by atoms with Crippen LogP contribution < -0.4 is 11.5 Å². The number of β-amino-alcohol motifs (C(OH)–C–C–N with tert-alkyl or cyclic N) is 1. The molecule has 158 valence electrons. The summed E-state index contributed by atoms with van der Waals surface area (Å²) in [6.07, 6.45) is -2.17. The van der Waals surface area contributed by atoms with Crippen LogP contribution >= 0.6 is 0 Å². The molecule has 0 aliphatic carbocycles. The van der Waals surface area contributed by atoms with E-state index < -0.39 is 43.0 Å². The van der Waals surface area contributed by atoms with Gasteiger partial charge in [0, 0.05) is 26.1 Å². The monoisotopic (exact) mass is 391 g/mol. The molecule has 8 N–H and O–H groups in total. The van der Waals surface area contributed by atoms with Gasteiger partial charge >= 0.3 is 0 Å². The van der Waals surface area contributed by atoms with Gasteiger partial charge in [0.15, 0.2) is 0 Å². The van der Waals surface area contributed by atoms with Crippen molar-refractivity contribution in [1.29, 1.82) is 0 Å². The number of aliphatic hydroxyl groups excluding tert-OH is 4. The van der Waals surface area contributed by atoms with Crippen LogP contribution in [0.4, 0.5) is 0 Å². The normalized spacial score (nSPS) is 27.9. The summed E-state index contributed by atoms with van der Waals surface area (Å²) >= 11 is 0. The minimum atomic E-state index is -1.48. The van der Waals surface area contributed by atoms with Crippen molar-refractivity contribution < 1.29 is 34.8 Å². The summed E-state index contributed by atoms with van der Waals surface area (Å²) in [5.41, 5.74) is 10.6. The Hall–Kier alpha value is -1.30. The van der Waals surface area contributed by atoms with Gasteiger partial charge in [0.1, 0.15) is 24.4 Å². The molecule has 1 fully saturated rings. The Morgan fingerprint density at radius 2 is 1.85 bits per heavy atom. The first-order valence-corrected chi connectivity index (χ1v) is 9.37. The van der Waals surface area contributed by atoms with E-state index in [1.807, 2.05) is 0 Å². The van der Waals surface area contributed by atoms with Crippen molar-refractivity contribution in [3.8, 4) is 0 Å². The van der Waals surface area contributed by atoms with Crippen LogP contribution in [0.15, 0.2) is 0 Å². The number of hydrogen-bond acceptors (Lipinski definition) is 8. The maximum absolute atomic E-state index is 12.5. The number of aliphatic hydroxyl groups is 4. The van der Waals surface area contributed by atoms with Gasteiger partial charge in [-0.15, -0.1) is 0 Å². The van der Waals surface area contributed by atoms with E-state index >= 15 is 0 Å². The lowest BCUT2D eigenvalue weighted by molar-refractivity contribution is -0.152. The number of hydrogen-bond donors (Lipinski definition) is 6. The molecule has 0 spiro atoms. The quantitative estimate of drug-likeness (QED) is 0.286. The van der Waals surface area contributed by atoms with Crippen molar-refractivity contribution >= 4 is 11.8 Å². The molecule has 1 saturated heterocycles. The third kappa shape index (κ3) is 8.08. The molecular formula is C17H33N3O7. The van der Waals surface area contributed by atoms with E-state index in [2.05, 4.69) is 0 Å². The van der Waals surface area contributed by atoms with Crippen LogP contribution in [-0.2, 0) is 14.3 Å². The number of ether oxygens (including phenoxy) is 1. The third-order valence-corrected chi connectivity index (χ3v) is 4.72. The molecule has 10 heteroatoms. The van der Waals surface area contributed by atoms with E-state index in [1.165, 1.54) is 4.90 Å². The smallest absolute Gasteiger partial charge is 0.234 e. The van der Waals surface area contributed by atoms with Gasteiger partial charge in [0.05, 0.1) is 12.6 Å². The number of rotatable bonds is 6. The fraction of sp³-hybridized carbons (Fsp3) is 0.882. The van der Waals surface area contributed by atoms with Crippen molar-refractivity contribution in [3.05, 3.63) is 0 Å². The number of primary amides is 1. The molecule has 0 aromatic heterocycles. The van der Waals surface area contributed by atoms with Gasteiger partial charge in [-0.3, -0.25) is 9.59 Å². The molecule has 0 radical (unpaired) electrons. The van der Waals surface area contributed by atoms with Crippen molar-refractivity contribution in [2.75, 3.05) is 26.3 Å². The Bertz CT molecular complexity index is 466. The van der Waals surface area contributed by atoms with E-state index in [0.717, 1.165) is 19.3 Å². The molecule has 1 aliphatic heterocycles. The summed E-state index contributed by atoms with van der Waals surface area (Å²) in [6.45, 7) is -0.104. The highest BCUT2D eigenvalue weighted by molar-refractivity contribution is 5.81. The van der Waals surface area contributed by atoms with Crippen LogP contribution in [0.3, 0.4) is 0 Å². The molecule has 0 aromatic carbocycles. The van der Waals surface area contributed by atoms with E-state index in [1.54, 1.807) is 0 Å². The summed E-state index contributed by atoms with van der Waals surface area (Å²) in [6, 6.07) is -0.922. The van der Waals surface area contributed by atoms with E-state index in [9.17, 15) is 24.9 Å². The summed E-state index contributed by atoms with van der Waals surface area (Å²) < 4.78 is 5.46. The van der Waals surface area contributed by atoms with Crippen LogP contribution in [0.1, 0.15) is 38.5 Å². The molecule has 0 unspecified atom stereocenters. The largest absolute Gasteiger partial charge is 0.394 e. The maximum atomic E-state index is 12.5. The van der Waals surface area contributed by atoms with E-state index in [0.29, 0.717) is 19.6 Å². The van der Waals surface area contributed by atoms with Gasteiger partial charge < -0.3 is 41.5 Å². The van der Waals surface area contributed by atoms with Crippen LogP contribution in [-0.4, -0.2) is 93.9 Å². The third-order valence-electron chi connectivity index (χ3n) is 4.72. The van der Waals surface area contributed by atoms with Crippen LogP contribution in [0.2, 0.25) is 0 Å². The Morgan fingerprint density at radius 3 is 2.48 bits per heavy atom. The molecule has 1 rings (SSSR count). The van der Waals surface area contributed by atoms with Crippen molar-refractivity contribution in [1.82, 2.24) is 4.90 Å². The predicted molar refractivity (Wildman–Crippen MR) is 96.3 cm³/mol. The maximum Gasteiger partial charge on any atom is 0.234 e. The zero-order valence-corrected chi connectivity index (χ0v) is 15.6. The number of carbonyl (C=O) groups excluding carboxylic acids is 2. The first kappa shape index (κ1) is 23.7. The van der Waals surface area contributed by atoms with Crippen molar-refractivity contribution in [3.63, 3.8) is 0 Å². The minimum Gasteiger partial charge on any atom is -0.394 e. The lowest BCUT2D eigenvalue weighted by atomic mass is 10.0. The Balaban J connectivity index is 2.79. The number of nitrogens with two attached hydrogens (primary N) is 2. The van der Waals surface area contributed by atoms with Crippen molar-refractivity contribution in [2.45, 2.75) is 69.0 Å². The van der Waals surface area contributed by atoms with Gasteiger partial charge in [-0.2, -0.15) is 0 Å². The molecular weight excluding hydrogens is 358 g/mol. The van der Waals surface area contributed by atoms with Crippen LogP contribution in [0.25, 0.3) is 0 Å². The summed E-state index contributed by atoms with van der Waals surface area (Å²) in [5.74, 6) is -1.000. The molecule has 5 atom stereocenters. The zero-order valence-electron chi connectivity index (χ0n) is 15.6. The topological polar surface area (TPSA) is 180 Å². The fourth-order valence-corrected chi connectivity index (χ4v) is 2.97. The lowest BCUT2D eigenvalue weighted by Gasteiger charge is -2.33. The standard InChI is InChI=1S/C17H33N3O7/c18-11(17(19)26)5-6-14(24)20-7-3-1-2-4-8-27-16(13(23)10-21)15(25)12(22)9-20/h11-13,15-16,21-23,25H,1-10,18H2,(H2,19,26)/t11-,12-,13+,15+,16+/m0/s1. The van der Waals surface area contributed by atoms with Crippen LogP contribution in [0.5, 0.6) is 0 Å². The molecule has 0 saturated carbocycles. The summed E-state index contributed by atoms with van der Waals surface area (Å²) in [5, 5.41) is 39.7. The van der Waals surface area contributed by atoms with E-state index in [-0.39, 0.29) is 25.3 Å². The molecule has 1 aliphatic rings. The van der Waals surface area contributed by atoms with Gasteiger partial charge in [0.25, 0.3) is 0 Å². The molecule has 0 aromatic rings. The minimum absolute atomic E-state index is 0.00782. The fourth-order valence-electron chi connectivity index (χ4n) is 2.97. The van der Waals surface area contributed by atoms with Gasteiger partial charge in [-0.05, 0) is 19.3 Å². The zero-order chi connectivity index (χ0) is 20.4. The Labute approximate surface area is 159 Å². The number of carbonyl (C=O) groups is 2. The average molecular weight is 391 g/mol. The molecule has 0 bridgehead atoms. The molecule has 10 nitrogen and oxygen atoms in total. The second-order valence-corrected chi connectivity index (χ2v) is 6.94. The van der Waals surface area contributed by atoms with Gasteiger partial charge in [-0.1, -0.05) is 12.8 Å². The summed E-state index contributed by atoms with van der Waals surface area (Å²) in [7, 11) is 0. The SMILES string of the molecule is NC(=O)[C@@H](N)CCC(=O)N1CCCCCCO[C@H]([C@H](O)CO)[C@H](O)[C@@H](O)C1. The number of amides is 2. The molecule has 2 amide bonds. The predicted octanol–water partition coefficient (Wildman–Crippen LogP) is -2.56. The van der Waals surface area contributed by atoms with Crippen molar-refractivity contribution in [2.24, 2.45) is 11.5 Å². The Kier molecular flexibility index (Phi) is 10.7. The average Bonchev–Trinajstić information content (AvgIpc) is 2.64. The highest BCUT2D eigenvalue weighted by atomic mass is 16.5. The Morgan fingerprint density at radius 1 is 1.19 bits per heavy atom. The molecule has 27 heavy (non-hydrogen) atoms. The number of nitrogens with zero attached hydrogens (tertiary/aromatic N) is 1. The lowest BCUT2D eigenvalue weighted by Crippen LogP contribution is -2.52. The first-order valence-electron chi connectivity index (χ1n) is 9.37. The highest BCUT2D eigenvalue weighted by Gasteiger charge is 2.34. The molecule has 1 heterocycles. The second-order valence-electron chi connectivity index (χ2n) is 6.94. The first-order chi connectivity index (χ1) is 12.8. The van der Waals surface area contributed by atoms with Crippen LogP contribution in [0, 0.1) is 0 Å². The highest BCUT2D eigenvalue weighted by Crippen LogP contribution is 2.15. The van der Waals surface area contributed by atoms with E-state index in [4.69, 9.17) is 21.3 Å². The van der Waals surface area contributed by atoms with Gasteiger partial charge in [0.2, 0.25) is 11.8 Å².